The molecule has 0 heterocycles. The van der Waals surface area contributed by atoms with Crippen molar-refractivity contribution in [2.24, 2.45) is 0 Å². The van der Waals surface area contributed by atoms with Crippen LogP contribution in [0.1, 0.15) is 0 Å². The summed E-state index contributed by atoms with van der Waals surface area (Å²) in [5, 5.41) is 8.59. The molecule has 1 N–H and O–H groups in total. The van der Waals surface area contributed by atoms with Gasteiger partial charge in [-0.15, -0.1) is 23.2 Å². The molecule has 0 amide bonds. The fraction of sp³-hybridized carbons (Fsp3) is 1.00. The van der Waals surface area contributed by atoms with Gasteiger partial charge in [0.2, 0.25) is 0 Å². The van der Waals surface area contributed by atoms with E-state index in [4.69, 9.17) is 28.3 Å². The highest BCUT2D eigenvalue weighted by atomic mass is 35.5. The van der Waals surface area contributed by atoms with Gasteiger partial charge in [-0.05, 0) is 0 Å². The fourth-order valence-corrected chi connectivity index (χ4v) is 0.717. The van der Waals surface area contributed by atoms with Crippen LogP contribution in [0.4, 0.5) is 0 Å². The predicted molar refractivity (Wildman–Crippen MR) is 35.4 cm³/mol. The van der Waals surface area contributed by atoms with Crippen LogP contribution in [-0.4, -0.2) is 21.8 Å². The molecular weight excluding hydrogens is 155 g/mol. The maximum Gasteiger partial charge on any atom is 0.134 e. The molecule has 0 saturated carbocycles. The number of hydrogen-bond acceptors (Lipinski definition) is 2. The Morgan fingerprint density at radius 3 is 2.00 bits per heavy atom. The molecular formula is C3H6Cl2OS. The summed E-state index contributed by atoms with van der Waals surface area (Å²) in [6.07, 6.45) is -0.702. The van der Waals surface area contributed by atoms with Crippen molar-refractivity contribution in [3.63, 3.8) is 0 Å². The number of alkyl halides is 2. The molecule has 0 aromatic carbocycles. The van der Waals surface area contributed by atoms with Crippen molar-refractivity contribution in [2.75, 3.05) is 5.75 Å². The van der Waals surface area contributed by atoms with Gasteiger partial charge in [0.05, 0.1) is 6.10 Å². The van der Waals surface area contributed by atoms with Gasteiger partial charge in [-0.2, -0.15) is 12.6 Å². The van der Waals surface area contributed by atoms with E-state index < -0.39 is 10.9 Å². The van der Waals surface area contributed by atoms with Crippen LogP contribution in [0, 0.1) is 0 Å². The highest BCUT2D eigenvalue weighted by Gasteiger charge is 2.09. The van der Waals surface area contributed by atoms with Crippen molar-refractivity contribution < 1.29 is 5.11 Å². The predicted octanol–water partition coefficient (Wildman–Crippen LogP) is 1.08. The Bertz CT molecular complexity index is 50.2. The highest BCUT2D eigenvalue weighted by molar-refractivity contribution is 7.80. The molecule has 0 bridgehead atoms. The van der Waals surface area contributed by atoms with Crippen molar-refractivity contribution in [1.29, 1.82) is 0 Å². The van der Waals surface area contributed by atoms with E-state index >= 15 is 0 Å². The first-order valence-electron chi connectivity index (χ1n) is 1.75. The summed E-state index contributed by atoms with van der Waals surface area (Å²) in [6, 6.07) is 0. The first-order valence-corrected chi connectivity index (χ1v) is 3.26. The SMILES string of the molecule is OC(CS)C(Cl)Cl. The standard InChI is InChI=1S/C3H6Cl2OS/c4-3(5)2(6)1-7/h2-3,6-7H,1H2. The minimum Gasteiger partial charge on any atom is -0.389 e. The minimum atomic E-state index is -0.711. The molecule has 0 aliphatic carbocycles. The summed E-state index contributed by atoms with van der Waals surface area (Å²) in [4.78, 5) is -0.711. The Kier molecular flexibility index (Phi) is 4.33. The van der Waals surface area contributed by atoms with E-state index in [0.717, 1.165) is 0 Å². The molecule has 4 heteroatoms. The Hall–Kier alpha value is 0.890. The van der Waals surface area contributed by atoms with E-state index in [-0.39, 0.29) is 0 Å². The van der Waals surface area contributed by atoms with Crippen LogP contribution in [0.3, 0.4) is 0 Å². The molecule has 0 aromatic heterocycles. The van der Waals surface area contributed by atoms with E-state index in [1.807, 2.05) is 0 Å². The molecule has 0 aliphatic rings. The van der Waals surface area contributed by atoms with E-state index in [1.165, 1.54) is 0 Å². The van der Waals surface area contributed by atoms with Gasteiger partial charge in [-0.25, -0.2) is 0 Å². The molecule has 0 saturated heterocycles. The third kappa shape index (κ3) is 3.47. The zero-order chi connectivity index (χ0) is 5.86. The number of halogens is 2. The van der Waals surface area contributed by atoms with Crippen molar-refractivity contribution >= 4 is 35.8 Å². The van der Waals surface area contributed by atoms with Gasteiger partial charge in [0.1, 0.15) is 4.84 Å². The number of rotatable bonds is 2. The molecule has 44 valence electrons. The van der Waals surface area contributed by atoms with E-state index in [1.54, 1.807) is 0 Å². The van der Waals surface area contributed by atoms with Crippen LogP contribution in [0.5, 0.6) is 0 Å². The molecule has 1 atom stereocenters. The molecule has 7 heavy (non-hydrogen) atoms. The zero-order valence-electron chi connectivity index (χ0n) is 3.51. The zero-order valence-corrected chi connectivity index (χ0v) is 5.92. The first kappa shape index (κ1) is 7.89. The Labute approximate surface area is 58.0 Å². The Morgan fingerprint density at radius 1 is 1.57 bits per heavy atom. The van der Waals surface area contributed by atoms with Gasteiger partial charge in [0.15, 0.2) is 0 Å². The molecule has 0 fully saturated rings. The van der Waals surface area contributed by atoms with Gasteiger partial charge >= 0.3 is 0 Å². The lowest BCUT2D eigenvalue weighted by Crippen LogP contribution is -2.16. The van der Waals surface area contributed by atoms with Crippen LogP contribution in [0.25, 0.3) is 0 Å². The second-order valence-electron chi connectivity index (χ2n) is 1.08. The average Bonchev–Trinajstić information content (AvgIpc) is 1.65. The first-order chi connectivity index (χ1) is 3.18. The van der Waals surface area contributed by atoms with Crippen molar-refractivity contribution in [2.45, 2.75) is 10.9 Å². The van der Waals surface area contributed by atoms with Gasteiger partial charge < -0.3 is 5.11 Å². The van der Waals surface area contributed by atoms with Crippen molar-refractivity contribution in [1.82, 2.24) is 0 Å². The van der Waals surface area contributed by atoms with E-state index in [0.29, 0.717) is 5.75 Å². The number of hydrogen-bond donors (Lipinski definition) is 2. The highest BCUT2D eigenvalue weighted by Crippen LogP contribution is 2.07. The smallest absolute Gasteiger partial charge is 0.134 e. The second-order valence-corrected chi connectivity index (χ2v) is 2.61. The van der Waals surface area contributed by atoms with Crippen molar-refractivity contribution in [3.05, 3.63) is 0 Å². The largest absolute Gasteiger partial charge is 0.389 e. The third-order valence-corrected chi connectivity index (χ3v) is 1.43. The van der Waals surface area contributed by atoms with Crippen LogP contribution >= 0.6 is 35.8 Å². The lowest BCUT2D eigenvalue weighted by molar-refractivity contribution is 0.214. The van der Waals surface area contributed by atoms with Crippen LogP contribution in [0.2, 0.25) is 0 Å². The molecule has 0 spiro atoms. The lowest BCUT2D eigenvalue weighted by Gasteiger charge is -2.04. The van der Waals surface area contributed by atoms with Gasteiger partial charge in [0.25, 0.3) is 0 Å². The molecule has 0 aromatic rings. The van der Waals surface area contributed by atoms with Crippen molar-refractivity contribution in [3.8, 4) is 0 Å². The summed E-state index contributed by atoms with van der Waals surface area (Å²) in [7, 11) is 0. The molecule has 0 aliphatic heterocycles. The Balaban J connectivity index is 3.14. The van der Waals surface area contributed by atoms with Gasteiger partial charge in [-0.1, -0.05) is 0 Å². The normalized spacial score (nSPS) is 15.0. The molecule has 1 unspecified atom stereocenters. The maximum atomic E-state index is 8.59. The lowest BCUT2D eigenvalue weighted by atomic mass is 10.5. The molecule has 0 rings (SSSR count). The van der Waals surface area contributed by atoms with Crippen LogP contribution in [-0.2, 0) is 0 Å². The van der Waals surface area contributed by atoms with Gasteiger partial charge in [0, 0.05) is 5.75 Å². The molecule has 0 radical (unpaired) electrons. The second kappa shape index (κ2) is 3.84. The third-order valence-electron chi connectivity index (χ3n) is 0.478. The Morgan fingerprint density at radius 2 is 2.00 bits per heavy atom. The van der Waals surface area contributed by atoms with E-state index in [9.17, 15) is 0 Å². The minimum absolute atomic E-state index is 0.303. The number of aliphatic hydroxyl groups is 1. The van der Waals surface area contributed by atoms with Crippen LogP contribution in [0.15, 0.2) is 0 Å². The number of thiol groups is 1. The number of aliphatic hydroxyl groups excluding tert-OH is 1. The van der Waals surface area contributed by atoms with E-state index in [2.05, 4.69) is 12.6 Å². The maximum absolute atomic E-state index is 8.59. The van der Waals surface area contributed by atoms with Gasteiger partial charge in [-0.3, -0.25) is 0 Å². The summed E-state index contributed by atoms with van der Waals surface area (Å²) in [5.41, 5.74) is 0. The summed E-state index contributed by atoms with van der Waals surface area (Å²) < 4.78 is 0. The quantitative estimate of drug-likeness (QED) is 0.458. The summed E-state index contributed by atoms with van der Waals surface area (Å²) in [6.45, 7) is 0. The summed E-state index contributed by atoms with van der Waals surface area (Å²) in [5.74, 6) is 0.303. The average molecular weight is 161 g/mol. The monoisotopic (exact) mass is 160 g/mol. The summed E-state index contributed by atoms with van der Waals surface area (Å²) >= 11 is 14.1. The molecule has 1 nitrogen and oxygen atoms in total. The van der Waals surface area contributed by atoms with Crippen LogP contribution < -0.4 is 0 Å². The topological polar surface area (TPSA) is 20.2 Å². The fourth-order valence-electron chi connectivity index (χ4n) is 0.0797.